The second-order valence-corrected chi connectivity index (χ2v) is 10.00. The van der Waals surface area contributed by atoms with Gasteiger partial charge in [0.05, 0.1) is 31.1 Å². The molecule has 2 unspecified atom stereocenters. The van der Waals surface area contributed by atoms with E-state index in [9.17, 15) is 14.7 Å². The van der Waals surface area contributed by atoms with Crippen LogP contribution in [0.15, 0.2) is 12.1 Å². The lowest BCUT2D eigenvalue weighted by atomic mass is 9.48. The minimum atomic E-state index is -0.984. The number of nitrogens with zero attached hydrogens (tertiary/aromatic N) is 1. The van der Waals surface area contributed by atoms with Crippen LogP contribution in [0.5, 0.6) is 5.75 Å². The number of quaternary nitrogens is 1. The summed E-state index contributed by atoms with van der Waals surface area (Å²) >= 11 is 0. The van der Waals surface area contributed by atoms with Crippen molar-refractivity contribution < 1.29 is 23.9 Å². The van der Waals surface area contributed by atoms with Gasteiger partial charge in [-0.1, -0.05) is 6.07 Å². The highest BCUT2D eigenvalue weighted by atomic mass is 16.5. The topological polar surface area (TPSA) is 89.6 Å². The van der Waals surface area contributed by atoms with Crippen molar-refractivity contribution in [3.63, 3.8) is 0 Å². The quantitative estimate of drug-likeness (QED) is 0.764. The summed E-state index contributed by atoms with van der Waals surface area (Å²) in [6.45, 7) is 2.03. The van der Waals surface area contributed by atoms with Crippen LogP contribution < -0.4 is 10.5 Å². The van der Waals surface area contributed by atoms with Gasteiger partial charge in [0.25, 0.3) is 5.91 Å². The van der Waals surface area contributed by atoms with Crippen molar-refractivity contribution in [2.45, 2.75) is 61.7 Å². The Bertz CT molecular complexity index is 941. The average Bonchev–Trinajstić information content (AvgIpc) is 3.37. The summed E-state index contributed by atoms with van der Waals surface area (Å²) < 4.78 is 7.06. The maximum atomic E-state index is 12.9. The average molecular weight is 383 g/mol. The Hall–Kier alpha value is -1.92. The summed E-state index contributed by atoms with van der Waals surface area (Å²) in [6.07, 6.45) is 4.16. The molecular weight excluding hydrogens is 356 g/mol. The molecule has 28 heavy (non-hydrogen) atoms. The van der Waals surface area contributed by atoms with Crippen LogP contribution >= 0.6 is 0 Å². The zero-order chi connectivity index (χ0) is 19.5. The first kappa shape index (κ1) is 17.0. The number of ether oxygens (including phenoxy) is 1. The summed E-state index contributed by atoms with van der Waals surface area (Å²) in [4.78, 5) is 25.0. The normalized spacial score (nSPS) is 42.7. The number of hydrogen-bond donors (Lipinski definition) is 2. The number of Topliss-reactive ketones (excluding diaryl/α,β-unsaturated/α-hetero) is 1. The van der Waals surface area contributed by atoms with Gasteiger partial charge in [0, 0.05) is 30.7 Å². The Balaban J connectivity index is 1.60. The minimum Gasteiger partial charge on any atom is -0.480 e. The molecule has 5 atom stereocenters. The summed E-state index contributed by atoms with van der Waals surface area (Å²) in [6, 6.07) is 3.77. The lowest BCUT2D eigenvalue weighted by Gasteiger charge is -2.64. The number of rotatable bonds is 3. The maximum Gasteiger partial charge on any atom is 0.252 e. The molecule has 0 radical (unpaired) electrons. The van der Waals surface area contributed by atoms with Gasteiger partial charge in [-0.25, -0.2) is 0 Å². The number of nitrogens with two attached hydrogens (primary N) is 1. The lowest BCUT2D eigenvalue weighted by molar-refractivity contribution is -0.950. The molecule has 6 nitrogen and oxygen atoms in total. The zero-order valence-electron chi connectivity index (χ0n) is 16.2. The molecule has 1 amide bonds. The van der Waals surface area contributed by atoms with Crippen LogP contribution in [-0.2, 0) is 16.6 Å². The van der Waals surface area contributed by atoms with Crippen LogP contribution in [0, 0.1) is 5.92 Å². The Labute approximate surface area is 164 Å². The van der Waals surface area contributed by atoms with Crippen molar-refractivity contribution in [3.05, 3.63) is 28.8 Å². The summed E-state index contributed by atoms with van der Waals surface area (Å²) in [7, 11) is 2.29. The smallest absolute Gasteiger partial charge is 0.252 e. The second-order valence-electron chi connectivity index (χ2n) is 10.00. The van der Waals surface area contributed by atoms with E-state index in [4.69, 9.17) is 10.5 Å². The van der Waals surface area contributed by atoms with E-state index in [-0.39, 0.29) is 11.8 Å². The number of hydrogen-bond acceptors (Lipinski definition) is 4. The second kappa shape index (κ2) is 4.97. The fraction of sp³-hybridized carbons (Fsp3) is 0.636. The number of likely N-dealkylation sites (N-methyl/N-ethyl adjacent to an activating group) is 1. The molecule has 148 valence electrons. The van der Waals surface area contributed by atoms with Gasteiger partial charge < -0.3 is 20.1 Å². The van der Waals surface area contributed by atoms with Crippen LogP contribution in [0.4, 0.5) is 0 Å². The molecule has 6 rings (SSSR count). The molecule has 3 N–H and O–H groups in total. The Morgan fingerprint density at radius 2 is 2.14 bits per heavy atom. The van der Waals surface area contributed by atoms with Crippen molar-refractivity contribution in [2.75, 3.05) is 20.1 Å². The third kappa shape index (κ3) is 1.77. The molecule has 2 saturated carbocycles. The van der Waals surface area contributed by atoms with Crippen molar-refractivity contribution in [3.8, 4) is 5.75 Å². The molecule has 3 fully saturated rings. The molecule has 6 heteroatoms. The van der Waals surface area contributed by atoms with E-state index in [2.05, 4.69) is 7.05 Å². The Morgan fingerprint density at radius 1 is 1.36 bits per heavy atom. The van der Waals surface area contributed by atoms with E-state index in [1.807, 2.05) is 6.07 Å². The van der Waals surface area contributed by atoms with Gasteiger partial charge in [-0.15, -0.1) is 0 Å². The van der Waals surface area contributed by atoms with E-state index in [0.717, 1.165) is 41.0 Å². The highest BCUT2D eigenvalue weighted by Crippen LogP contribution is 2.65. The molecule has 2 bridgehead atoms. The third-order valence-corrected chi connectivity index (χ3v) is 8.56. The van der Waals surface area contributed by atoms with Crippen LogP contribution in [0.3, 0.4) is 0 Å². The lowest BCUT2D eigenvalue weighted by Crippen LogP contribution is -2.80. The standard InChI is InChI=1S/C22H26N2O4/c1-24(11-12-2-3-12)9-8-21-17-13-4-5-14(20(23)26)18(17)28-19(21)15(25)6-7-22(21,27)16(24)10-13/h4-5,12,16,19,27H,2-3,6-11H2,1H3,(H-,23,26)/p+1/t16-,19?,21+,22-,24?/m1/s1. The van der Waals surface area contributed by atoms with Crippen LogP contribution in [0.1, 0.15) is 53.6 Å². The highest BCUT2D eigenvalue weighted by Gasteiger charge is 2.76. The van der Waals surface area contributed by atoms with E-state index < -0.39 is 23.0 Å². The van der Waals surface area contributed by atoms with Gasteiger partial charge in [-0.05, 0) is 30.9 Å². The van der Waals surface area contributed by atoms with Crippen LogP contribution in [-0.4, -0.2) is 59.2 Å². The van der Waals surface area contributed by atoms with Gasteiger partial charge in [-0.3, -0.25) is 9.59 Å². The first-order chi connectivity index (χ1) is 13.3. The van der Waals surface area contributed by atoms with Gasteiger partial charge >= 0.3 is 0 Å². The predicted molar refractivity (Wildman–Crippen MR) is 101 cm³/mol. The number of primary amides is 1. The molecule has 1 aromatic carbocycles. The summed E-state index contributed by atoms with van der Waals surface area (Å²) in [5.74, 6) is 0.718. The minimum absolute atomic E-state index is 0.0428. The number of benzene rings is 1. The van der Waals surface area contributed by atoms with Crippen molar-refractivity contribution in [1.82, 2.24) is 0 Å². The Morgan fingerprint density at radius 3 is 2.86 bits per heavy atom. The molecule has 1 saturated heterocycles. The number of carbonyl (C=O) groups excluding carboxylic acids is 2. The third-order valence-electron chi connectivity index (χ3n) is 8.56. The Kier molecular flexibility index (Phi) is 3.02. The van der Waals surface area contributed by atoms with E-state index in [1.165, 1.54) is 12.8 Å². The predicted octanol–water partition coefficient (Wildman–Crippen LogP) is 1.06. The number of ketones is 1. The first-order valence-electron chi connectivity index (χ1n) is 10.5. The number of amides is 1. The van der Waals surface area contributed by atoms with E-state index in [1.54, 1.807) is 6.07 Å². The van der Waals surface area contributed by atoms with E-state index in [0.29, 0.717) is 30.6 Å². The number of piperidine rings is 1. The number of aliphatic hydroxyl groups is 1. The molecule has 1 aromatic rings. The van der Waals surface area contributed by atoms with Crippen molar-refractivity contribution in [1.29, 1.82) is 0 Å². The van der Waals surface area contributed by atoms with Crippen LogP contribution in [0.2, 0.25) is 0 Å². The molecule has 0 aromatic heterocycles. The SMILES string of the molecule is C[N+]1(CC2CC2)CC[C@]23c4c5ccc(C(N)=O)c4OC2C(=O)CC[C@@]3(O)[C@H]1C5. The van der Waals surface area contributed by atoms with Crippen molar-refractivity contribution >= 4 is 11.7 Å². The summed E-state index contributed by atoms with van der Waals surface area (Å²) in [5, 5.41) is 12.3. The van der Waals surface area contributed by atoms with Crippen molar-refractivity contribution in [2.24, 2.45) is 11.7 Å². The monoisotopic (exact) mass is 383 g/mol. The van der Waals surface area contributed by atoms with E-state index >= 15 is 0 Å². The fourth-order valence-electron chi connectivity index (χ4n) is 7.15. The molecule has 2 aliphatic heterocycles. The van der Waals surface area contributed by atoms with Crippen LogP contribution in [0.25, 0.3) is 0 Å². The van der Waals surface area contributed by atoms with Gasteiger partial charge in [-0.2, -0.15) is 0 Å². The van der Waals surface area contributed by atoms with Gasteiger partial charge in [0.15, 0.2) is 11.9 Å². The molecule has 2 heterocycles. The molecule has 1 spiro atoms. The molecule has 3 aliphatic carbocycles. The number of carbonyl (C=O) groups is 2. The van der Waals surface area contributed by atoms with Gasteiger partial charge in [0.1, 0.15) is 17.4 Å². The largest absolute Gasteiger partial charge is 0.480 e. The fourth-order valence-corrected chi connectivity index (χ4v) is 7.15. The zero-order valence-corrected chi connectivity index (χ0v) is 16.2. The first-order valence-corrected chi connectivity index (χ1v) is 10.5. The molecular formula is C22H27N2O4+. The maximum absolute atomic E-state index is 12.9. The number of likely N-dealkylation sites (tertiary alicyclic amines) is 1. The molecule has 5 aliphatic rings. The van der Waals surface area contributed by atoms with Gasteiger partial charge in [0.2, 0.25) is 0 Å². The summed E-state index contributed by atoms with van der Waals surface area (Å²) in [5.41, 5.74) is 6.24. The highest BCUT2D eigenvalue weighted by molar-refractivity contribution is 5.98.